The van der Waals surface area contributed by atoms with Crippen molar-refractivity contribution in [3.05, 3.63) is 65.7 Å². The molecule has 0 radical (unpaired) electrons. The Labute approximate surface area is 272 Å². The molecule has 3 unspecified atom stereocenters. The van der Waals surface area contributed by atoms with Gasteiger partial charge in [0.25, 0.3) is 0 Å². The van der Waals surface area contributed by atoms with Gasteiger partial charge in [-0.1, -0.05) is 70.2 Å². The van der Waals surface area contributed by atoms with Gasteiger partial charge < -0.3 is 30.2 Å². The predicted molar refractivity (Wildman–Crippen MR) is 174 cm³/mol. The second-order valence-corrected chi connectivity index (χ2v) is 12.8. The third kappa shape index (κ3) is 13.3. The maximum atomic E-state index is 13.4. The molecule has 11 heteroatoms. The lowest BCUT2D eigenvalue weighted by Gasteiger charge is -2.26. The molecule has 46 heavy (non-hydrogen) atoms. The fraction of sp³-hybridized carbons (Fsp3) is 0.514. The van der Waals surface area contributed by atoms with Gasteiger partial charge >= 0.3 is 12.1 Å². The van der Waals surface area contributed by atoms with Gasteiger partial charge in [-0.3, -0.25) is 14.4 Å². The molecule has 3 atom stereocenters. The summed E-state index contributed by atoms with van der Waals surface area (Å²) in [5.41, 5.74) is 1.03. The highest BCUT2D eigenvalue weighted by Crippen LogP contribution is 2.17. The Kier molecular flexibility index (Phi) is 14.7. The van der Waals surface area contributed by atoms with Crippen molar-refractivity contribution in [3.63, 3.8) is 0 Å². The lowest BCUT2D eigenvalue weighted by Crippen LogP contribution is -2.55. The van der Waals surface area contributed by atoms with Crippen molar-refractivity contribution in [2.75, 3.05) is 7.11 Å². The predicted octanol–water partition coefficient (Wildman–Crippen LogP) is 4.51. The van der Waals surface area contributed by atoms with E-state index in [1.54, 1.807) is 60.6 Å². The third-order valence-electron chi connectivity index (χ3n) is 6.97. The zero-order chi connectivity index (χ0) is 34.4. The minimum atomic E-state index is -0.963. The Morgan fingerprint density at radius 3 is 1.89 bits per heavy atom. The highest BCUT2D eigenvalue weighted by Gasteiger charge is 2.31. The number of benzene rings is 2. The van der Waals surface area contributed by atoms with Crippen LogP contribution in [0.25, 0.3) is 0 Å². The van der Waals surface area contributed by atoms with E-state index in [2.05, 4.69) is 16.0 Å². The maximum absolute atomic E-state index is 13.4. The summed E-state index contributed by atoms with van der Waals surface area (Å²) in [6, 6.07) is 14.2. The molecule has 2 aromatic rings. The Hall–Kier alpha value is -4.41. The van der Waals surface area contributed by atoms with Crippen molar-refractivity contribution in [2.24, 2.45) is 11.8 Å². The van der Waals surface area contributed by atoms with Crippen molar-refractivity contribution in [1.82, 2.24) is 16.0 Å². The number of hydrogen-bond donors (Lipinski definition) is 3. The Bertz CT molecular complexity index is 1300. The lowest BCUT2D eigenvalue weighted by atomic mass is 9.98. The number of ether oxygens (including phenoxy) is 3. The summed E-state index contributed by atoms with van der Waals surface area (Å²) in [6.07, 6.45) is -0.980. The first-order valence-corrected chi connectivity index (χ1v) is 15.5. The first-order chi connectivity index (χ1) is 21.6. The second kappa shape index (κ2) is 17.9. The van der Waals surface area contributed by atoms with Crippen LogP contribution in [-0.4, -0.2) is 60.5 Å². The largest absolute Gasteiger partial charge is 0.489 e. The van der Waals surface area contributed by atoms with Gasteiger partial charge in [0.2, 0.25) is 11.8 Å². The summed E-state index contributed by atoms with van der Waals surface area (Å²) >= 11 is 0. The molecule has 0 fully saturated rings. The number of alkyl carbamates (subject to hydrolysis) is 1. The summed E-state index contributed by atoms with van der Waals surface area (Å²) in [7, 11) is 1.24. The highest BCUT2D eigenvalue weighted by molar-refractivity contribution is 5.93. The molecule has 252 valence electrons. The zero-order valence-corrected chi connectivity index (χ0v) is 28.2. The van der Waals surface area contributed by atoms with E-state index in [4.69, 9.17) is 14.2 Å². The molecule has 0 saturated carbocycles. The molecule has 0 bridgehead atoms. The van der Waals surface area contributed by atoms with Crippen LogP contribution in [0.15, 0.2) is 54.6 Å². The number of ketones is 1. The molecule has 3 amide bonds. The summed E-state index contributed by atoms with van der Waals surface area (Å²) in [5, 5.41) is 7.99. The van der Waals surface area contributed by atoms with Gasteiger partial charge in [-0.05, 0) is 62.3 Å². The molecule has 0 aromatic heterocycles. The zero-order valence-electron chi connectivity index (χ0n) is 28.2. The first-order valence-electron chi connectivity index (χ1n) is 15.5. The normalized spacial score (nSPS) is 13.3. The number of esters is 1. The van der Waals surface area contributed by atoms with Crippen molar-refractivity contribution in [3.8, 4) is 5.75 Å². The monoisotopic (exact) mass is 639 g/mol. The maximum Gasteiger partial charge on any atom is 0.408 e. The van der Waals surface area contributed by atoms with E-state index in [-0.39, 0.29) is 36.9 Å². The van der Waals surface area contributed by atoms with Gasteiger partial charge in [0.1, 0.15) is 30.0 Å². The van der Waals surface area contributed by atoms with Crippen LogP contribution in [0.3, 0.4) is 0 Å². The number of rotatable bonds is 16. The molecule has 3 N–H and O–H groups in total. The molecule has 2 rings (SSSR count). The average Bonchev–Trinajstić information content (AvgIpc) is 2.99. The summed E-state index contributed by atoms with van der Waals surface area (Å²) < 4.78 is 16.0. The number of Topliss-reactive ketones (excluding diaryl/α,β-unsaturated/α-hetero) is 1. The smallest absolute Gasteiger partial charge is 0.408 e. The van der Waals surface area contributed by atoms with Crippen LogP contribution in [0.4, 0.5) is 4.79 Å². The minimum absolute atomic E-state index is 0.166. The fourth-order valence-electron chi connectivity index (χ4n) is 4.45. The number of carbonyl (C=O) groups excluding carboxylic acids is 5. The Balaban J connectivity index is 2.07. The van der Waals surface area contributed by atoms with Gasteiger partial charge in [-0.25, -0.2) is 9.59 Å². The van der Waals surface area contributed by atoms with Crippen molar-refractivity contribution in [1.29, 1.82) is 0 Å². The number of nitrogens with one attached hydrogen (secondary N) is 3. The van der Waals surface area contributed by atoms with Gasteiger partial charge in [-0.15, -0.1) is 0 Å². The molecule has 0 spiro atoms. The topological polar surface area (TPSA) is 149 Å². The van der Waals surface area contributed by atoms with Crippen molar-refractivity contribution in [2.45, 2.75) is 98.1 Å². The van der Waals surface area contributed by atoms with Crippen LogP contribution in [0.5, 0.6) is 5.75 Å². The van der Waals surface area contributed by atoms with Crippen LogP contribution in [0.1, 0.15) is 72.4 Å². The molecular weight excluding hydrogens is 590 g/mol. The standard InChI is InChI=1S/C35H49N3O8/c1-22(2)30(32(41)38-31(23(3)4)33(42)44-8)37-29(40)19-18-28(39)27(36-34(43)46-35(5,6)7)20-24-14-16-26(17-15-24)45-21-25-12-10-9-11-13-25/h9-17,22-23,27,30-31H,18-21H2,1-8H3,(H,36,43)(H,37,40)(H,38,41). The molecule has 2 aromatic carbocycles. The number of carbonyl (C=O) groups is 5. The Morgan fingerprint density at radius 1 is 0.739 bits per heavy atom. The van der Waals surface area contributed by atoms with Crippen LogP contribution in [0.2, 0.25) is 0 Å². The van der Waals surface area contributed by atoms with Crippen LogP contribution in [0, 0.1) is 11.8 Å². The van der Waals surface area contributed by atoms with Gasteiger partial charge in [0.05, 0.1) is 13.2 Å². The molecule has 0 aliphatic carbocycles. The summed E-state index contributed by atoms with van der Waals surface area (Å²) in [6.45, 7) is 12.6. The van der Waals surface area contributed by atoms with Gasteiger partial charge in [0.15, 0.2) is 5.78 Å². The van der Waals surface area contributed by atoms with Gasteiger partial charge in [-0.2, -0.15) is 0 Å². The lowest BCUT2D eigenvalue weighted by molar-refractivity contribution is -0.146. The van der Waals surface area contributed by atoms with E-state index in [1.807, 2.05) is 42.5 Å². The molecule has 0 saturated heterocycles. The van der Waals surface area contributed by atoms with E-state index in [1.165, 1.54) is 7.11 Å². The van der Waals surface area contributed by atoms with Crippen molar-refractivity contribution >= 4 is 29.7 Å². The van der Waals surface area contributed by atoms with E-state index < -0.39 is 47.6 Å². The highest BCUT2D eigenvalue weighted by atomic mass is 16.6. The van der Waals surface area contributed by atoms with Crippen LogP contribution >= 0.6 is 0 Å². The third-order valence-corrected chi connectivity index (χ3v) is 6.97. The van der Waals surface area contributed by atoms with Crippen molar-refractivity contribution < 1.29 is 38.2 Å². The van der Waals surface area contributed by atoms with Gasteiger partial charge in [0, 0.05) is 12.8 Å². The molecule has 0 heterocycles. The quantitative estimate of drug-likeness (QED) is 0.227. The summed E-state index contributed by atoms with van der Waals surface area (Å²) in [4.78, 5) is 64.0. The van der Waals surface area contributed by atoms with E-state index in [9.17, 15) is 24.0 Å². The summed E-state index contributed by atoms with van der Waals surface area (Å²) in [5.74, 6) is -1.88. The Morgan fingerprint density at radius 2 is 1.35 bits per heavy atom. The number of methoxy groups -OCH3 is 1. The molecular formula is C35H49N3O8. The number of hydrogen-bond acceptors (Lipinski definition) is 8. The number of amides is 3. The first kappa shape index (κ1) is 37.8. The minimum Gasteiger partial charge on any atom is -0.489 e. The second-order valence-electron chi connectivity index (χ2n) is 12.8. The fourth-order valence-corrected chi connectivity index (χ4v) is 4.45. The van der Waals surface area contributed by atoms with E-state index in [0.717, 1.165) is 11.1 Å². The van der Waals surface area contributed by atoms with Crippen LogP contribution in [-0.2, 0) is 41.7 Å². The molecule has 0 aliphatic heterocycles. The SMILES string of the molecule is COC(=O)C(NC(=O)C(NC(=O)CCC(=O)C(Cc1ccc(OCc2ccccc2)cc1)NC(=O)OC(C)(C)C)C(C)C)C(C)C. The molecule has 11 nitrogen and oxygen atoms in total. The van der Waals surface area contributed by atoms with Crippen LogP contribution < -0.4 is 20.7 Å². The average molecular weight is 640 g/mol. The van der Waals surface area contributed by atoms with E-state index in [0.29, 0.717) is 12.4 Å². The molecule has 0 aliphatic rings. The van der Waals surface area contributed by atoms with E-state index >= 15 is 0 Å².